The van der Waals surface area contributed by atoms with E-state index in [9.17, 15) is 22.8 Å². The molecule has 1 aromatic rings. The second-order valence-electron chi connectivity index (χ2n) is 6.16. The van der Waals surface area contributed by atoms with Crippen molar-refractivity contribution in [2.75, 3.05) is 32.1 Å². The van der Waals surface area contributed by atoms with Crippen molar-refractivity contribution in [1.82, 2.24) is 4.90 Å². The summed E-state index contributed by atoms with van der Waals surface area (Å²) in [4.78, 5) is 25.2. The normalized spacial score (nSPS) is 11.7. The van der Waals surface area contributed by atoms with Gasteiger partial charge in [0.2, 0.25) is 5.91 Å². The molecule has 0 fully saturated rings. The number of alkyl halides is 3. The number of methoxy groups -OCH3 is 1. The van der Waals surface area contributed by atoms with Crippen molar-refractivity contribution in [1.29, 1.82) is 0 Å². The summed E-state index contributed by atoms with van der Waals surface area (Å²) in [7, 11) is 1.26. The predicted octanol–water partition coefficient (Wildman–Crippen LogP) is 3.82. The van der Waals surface area contributed by atoms with Crippen LogP contribution in [0.15, 0.2) is 18.2 Å². The first-order valence-electron chi connectivity index (χ1n) is 7.99. The van der Waals surface area contributed by atoms with Gasteiger partial charge >= 0.3 is 12.1 Å². The van der Waals surface area contributed by atoms with Gasteiger partial charge in [-0.25, -0.2) is 0 Å². The first-order chi connectivity index (χ1) is 12.0. The average Bonchev–Trinajstić information content (AvgIpc) is 2.52. The first-order valence-corrected chi connectivity index (χ1v) is 8.37. The van der Waals surface area contributed by atoms with E-state index in [2.05, 4.69) is 10.1 Å². The monoisotopic (exact) mass is 394 g/mol. The Balaban J connectivity index is 2.86. The zero-order valence-corrected chi connectivity index (χ0v) is 15.6. The number of carbonyl (C=O) groups is 2. The van der Waals surface area contributed by atoms with Crippen LogP contribution in [0.1, 0.15) is 25.8 Å². The summed E-state index contributed by atoms with van der Waals surface area (Å²) in [6.07, 6.45) is -4.56. The van der Waals surface area contributed by atoms with E-state index in [4.69, 9.17) is 11.6 Å². The number of esters is 1. The first kappa shape index (κ1) is 22.2. The molecule has 1 amide bonds. The molecule has 0 heterocycles. The summed E-state index contributed by atoms with van der Waals surface area (Å²) in [6, 6.07) is 3.29. The number of nitrogens with zero attached hydrogens (tertiary/aromatic N) is 1. The molecule has 1 aromatic carbocycles. The summed E-state index contributed by atoms with van der Waals surface area (Å²) in [5.74, 6) is -0.870. The average molecular weight is 395 g/mol. The van der Waals surface area contributed by atoms with Crippen LogP contribution in [0.5, 0.6) is 0 Å². The Morgan fingerprint density at radius 3 is 2.50 bits per heavy atom. The molecule has 5 nitrogen and oxygen atoms in total. The van der Waals surface area contributed by atoms with Crippen molar-refractivity contribution in [3.63, 3.8) is 0 Å². The Morgan fingerprint density at radius 2 is 1.96 bits per heavy atom. The minimum absolute atomic E-state index is 0.0798. The Kier molecular flexibility index (Phi) is 8.36. The number of para-hydroxylation sites is 1. The van der Waals surface area contributed by atoms with Gasteiger partial charge in [-0.05, 0) is 18.1 Å². The summed E-state index contributed by atoms with van der Waals surface area (Å²) >= 11 is 5.83. The molecule has 26 heavy (non-hydrogen) atoms. The number of amides is 1. The molecular formula is C17H22ClF3N2O3. The maximum atomic E-state index is 13.1. The van der Waals surface area contributed by atoms with Crippen molar-refractivity contribution >= 4 is 29.2 Å². The number of nitrogens with one attached hydrogen (secondary N) is 1. The molecule has 0 saturated carbocycles. The fourth-order valence-corrected chi connectivity index (χ4v) is 2.59. The molecule has 0 saturated heterocycles. The van der Waals surface area contributed by atoms with Crippen LogP contribution in [0.4, 0.5) is 18.9 Å². The lowest BCUT2D eigenvalue weighted by molar-refractivity contribution is -0.141. The van der Waals surface area contributed by atoms with E-state index in [0.29, 0.717) is 6.54 Å². The third-order valence-electron chi connectivity index (χ3n) is 3.43. The van der Waals surface area contributed by atoms with Crippen LogP contribution >= 0.6 is 11.6 Å². The Hall–Kier alpha value is -1.80. The number of rotatable bonds is 8. The van der Waals surface area contributed by atoms with E-state index in [1.165, 1.54) is 19.2 Å². The molecule has 0 unspecified atom stereocenters. The predicted molar refractivity (Wildman–Crippen MR) is 93.0 cm³/mol. The molecule has 146 valence electrons. The van der Waals surface area contributed by atoms with Crippen LogP contribution in [-0.2, 0) is 20.5 Å². The fraction of sp³-hybridized carbons (Fsp3) is 0.529. The molecule has 0 spiro atoms. The van der Waals surface area contributed by atoms with Crippen molar-refractivity contribution in [3.05, 3.63) is 28.8 Å². The summed E-state index contributed by atoms with van der Waals surface area (Å²) in [5, 5.41) is 2.05. The maximum Gasteiger partial charge on any atom is 0.418 e. The molecule has 0 radical (unpaired) electrons. The van der Waals surface area contributed by atoms with Crippen LogP contribution in [0.2, 0.25) is 5.02 Å². The molecule has 9 heteroatoms. The molecule has 0 aliphatic carbocycles. The lowest BCUT2D eigenvalue weighted by Crippen LogP contribution is -2.37. The summed E-state index contributed by atoms with van der Waals surface area (Å²) < 4.78 is 43.8. The van der Waals surface area contributed by atoms with E-state index in [1.54, 1.807) is 4.90 Å². The van der Waals surface area contributed by atoms with Crippen molar-refractivity contribution in [2.24, 2.45) is 5.92 Å². The number of carbonyl (C=O) groups excluding carboxylic acids is 2. The summed E-state index contributed by atoms with van der Waals surface area (Å²) in [5.41, 5.74) is -1.48. The van der Waals surface area contributed by atoms with Gasteiger partial charge in [-0.1, -0.05) is 31.5 Å². The van der Waals surface area contributed by atoms with Crippen molar-refractivity contribution in [2.45, 2.75) is 26.4 Å². The third kappa shape index (κ3) is 7.21. The van der Waals surface area contributed by atoms with Gasteiger partial charge in [0.25, 0.3) is 0 Å². The van der Waals surface area contributed by atoms with E-state index in [-0.39, 0.29) is 30.5 Å². The van der Waals surface area contributed by atoms with E-state index in [0.717, 1.165) is 6.07 Å². The van der Waals surface area contributed by atoms with Gasteiger partial charge in [-0.15, -0.1) is 0 Å². The number of benzene rings is 1. The van der Waals surface area contributed by atoms with Crippen molar-refractivity contribution in [3.8, 4) is 0 Å². The van der Waals surface area contributed by atoms with E-state index < -0.39 is 29.3 Å². The zero-order chi connectivity index (χ0) is 19.9. The largest absolute Gasteiger partial charge is 0.469 e. The standard InChI is InChI=1S/C17H22ClF3N2O3/c1-11(2)9-23(8-7-15(25)26-3)10-14(24)22-16-12(17(19,20)21)5-4-6-13(16)18/h4-6,11H,7-10H2,1-3H3,(H,22,24). The second-order valence-corrected chi connectivity index (χ2v) is 6.57. The van der Waals surface area contributed by atoms with E-state index in [1.807, 2.05) is 13.8 Å². The van der Waals surface area contributed by atoms with Gasteiger partial charge in [-0.2, -0.15) is 13.2 Å². The number of hydrogen-bond donors (Lipinski definition) is 1. The quantitative estimate of drug-likeness (QED) is 0.681. The number of anilines is 1. The van der Waals surface area contributed by atoms with E-state index >= 15 is 0 Å². The van der Waals surface area contributed by atoms with Gasteiger partial charge in [0.05, 0.1) is 36.3 Å². The molecule has 0 aliphatic rings. The molecule has 1 rings (SSSR count). The van der Waals surface area contributed by atoms with Gasteiger partial charge < -0.3 is 10.1 Å². The van der Waals surface area contributed by atoms with Gasteiger partial charge in [0, 0.05) is 13.1 Å². The molecule has 0 aromatic heterocycles. The Labute approximate surface area is 155 Å². The topological polar surface area (TPSA) is 58.6 Å². The van der Waals surface area contributed by atoms with Crippen molar-refractivity contribution < 1.29 is 27.5 Å². The van der Waals surface area contributed by atoms with Gasteiger partial charge in [-0.3, -0.25) is 14.5 Å². The minimum atomic E-state index is -4.64. The minimum Gasteiger partial charge on any atom is -0.469 e. The fourth-order valence-electron chi connectivity index (χ4n) is 2.37. The SMILES string of the molecule is COC(=O)CCN(CC(=O)Nc1c(Cl)cccc1C(F)(F)F)CC(C)C. The Morgan fingerprint density at radius 1 is 1.31 bits per heavy atom. The highest BCUT2D eigenvalue weighted by atomic mass is 35.5. The smallest absolute Gasteiger partial charge is 0.418 e. The van der Waals surface area contributed by atoms with Gasteiger partial charge in [0.15, 0.2) is 0 Å². The molecule has 1 N–H and O–H groups in total. The summed E-state index contributed by atoms with van der Waals surface area (Å²) in [6.45, 7) is 4.45. The number of halogens is 4. The second kappa shape index (κ2) is 9.78. The molecular weight excluding hydrogens is 373 g/mol. The number of hydrogen-bond acceptors (Lipinski definition) is 4. The number of ether oxygens (including phenoxy) is 1. The zero-order valence-electron chi connectivity index (χ0n) is 14.8. The maximum absolute atomic E-state index is 13.1. The van der Waals surface area contributed by atoms with Crippen LogP contribution in [0.3, 0.4) is 0 Å². The highest BCUT2D eigenvalue weighted by molar-refractivity contribution is 6.34. The molecule has 0 aliphatic heterocycles. The van der Waals surface area contributed by atoms with Crippen LogP contribution in [-0.4, -0.2) is 43.5 Å². The highest BCUT2D eigenvalue weighted by Crippen LogP contribution is 2.38. The van der Waals surface area contributed by atoms with Gasteiger partial charge in [0.1, 0.15) is 0 Å². The molecule has 0 atom stereocenters. The lowest BCUT2D eigenvalue weighted by atomic mass is 10.1. The Bertz CT molecular complexity index is 636. The van der Waals surface area contributed by atoms with Crippen LogP contribution in [0, 0.1) is 5.92 Å². The van der Waals surface area contributed by atoms with Crippen LogP contribution < -0.4 is 5.32 Å². The highest BCUT2D eigenvalue weighted by Gasteiger charge is 2.34. The third-order valence-corrected chi connectivity index (χ3v) is 3.75. The van der Waals surface area contributed by atoms with Crippen LogP contribution in [0.25, 0.3) is 0 Å². The molecule has 0 bridgehead atoms. The lowest BCUT2D eigenvalue weighted by Gasteiger charge is -2.24.